The molecule has 0 atom stereocenters. The minimum absolute atomic E-state index is 0.136. The van der Waals surface area contributed by atoms with Crippen molar-refractivity contribution in [2.75, 3.05) is 6.54 Å². The SMILES string of the molecule is CCC(CC)(CC(=O)NCC(N)=O)C(=O)O. The van der Waals surface area contributed by atoms with E-state index in [0.29, 0.717) is 12.8 Å². The standard InChI is InChI=1S/C10H18N2O4/c1-3-10(4-2,9(15)16)5-8(14)12-6-7(11)13/h3-6H2,1-2H3,(H2,11,13)(H,12,14)(H,15,16). The Morgan fingerprint density at radius 2 is 1.75 bits per heavy atom. The Morgan fingerprint density at radius 3 is 2.06 bits per heavy atom. The number of primary amides is 1. The molecule has 16 heavy (non-hydrogen) atoms. The molecular weight excluding hydrogens is 212 g/mol. The van der Waals surface area contributed by atoms with Gasteiger partial charge in [-0.15, -0.1) is 0 Å². The van der Waals surface area contributed by atoms with Gasteiger partial charge in [-0.2, -0.15) is 0 Å². The van der Waals surface area contributed by atoms with Crippen LogP contribution >= 0.6 is 0 Å². The largest absolute Gasteiger partial charge is 0.481 e. The van der Waals surface area contributed by atoms with Gasteiger partial charge >= 0.3 is 5.97 Å². The monoisotopic (exact) mass is 230 g/mol. The first-order valence-electron chi connectivity index (χ1n) is 5.16. The number of hydrogen-bond acceptors (Lipinski definition) is 3. The third-order valence-corrected chi connectivity index (χ3v) is 2.77. The van der Waals surface area contributed by atoms with E-state index in [4.69, 9.17) is 10.8 Å². The number of carbonyl (C=O) groups is 3. The van der Waals surface area contributed by atoms with Crippen molar-refractivity contribution in [3.63, 3.8) is 0 Å². The predicted octanol–water partition coefficient (Wildman–Crippen LogP) is -0.131. The van der Waals surface area contributed by atoms with Crippen LogP contribution < -0.4 is 11.1 Å². The molecule has 92 valence electrons. The summed E-state index contributed by atoms with van der Waals surface area (Å²) in [4.78, 5) is 32.9. The molecule has 4 N–H and O–H groups in total. The van der Waals surface area contributed by atoms with E-state index in [1.54, 1.807) is 13.8 Å². The quantitative estimate of drug-likeness (QED) is 0.565. The lowest BCUT2D eigenvalue weighted by molar-refractivity contribution is -0.152. The van der Waals surface area contributed by atoms with Gasteiger partial charge in [0.25, 0.3) is 0 Å². The smallest absolute Gasteiger partial charge is 0.310 e. The zero-order valence-corrected chi connectivity index (χ0v) is 9.58. The molecule has 0 spiro atoms. The van der Waals surface area contributed by atoms with E-state index >= 15 is 0 Å². The Labute approximate surface area is 94.2 Å². The van der Waals surface area contributed by atoms with Crippen molar-refractivity contribution >= 4 is 17.8 Å². The first kappa shape index (κ1) is 14.4. The van der Waals surface area contributed by atoms with Crippen LogP contribution in [0.15, 0.2) is 0 Å². The molecular formula is C10H18N2O4. The van der Waals surface area contributed by atoms with Gasteiger partial charge < -0.3 is 16.2 Å². The van der Waals surface area contributed by atoms with Crippen molar-refractivity contribution in [3.8, 4) is 0 Å². The van der Waals surface area contributed by atoms with Gasteiger partial charge in [0.15, 0.2) is 0 Å². The molecule has 2 amide bonds. The maximum absolute atomic E-state index is 11.4. The highest BCUT2D eigenvalue weighted by Crippen LogP contribution is 2.30. The fourth-order valence-corrected chi connectivity index (χ4v) is 1.43. The molecule has 6 nitrogen and oxygen atoms in total. The summed E-state index contributed by atoms with van der Waals surface area (Å²) in [7, 11) is 0. The first-order valence-corrected chi connectivity index (χ1v) is 5.16. The highest BCUT2D eigenvalue weighted by molar-refractivity contribution is 5.87. The van der Waals surface area contributed by atoms with Crippen LogP contribution in [0.1, 0.15) is 33.1 Å². The molecule has 0 bridgehead atoms. The molecule has 0 aliphatic rings. The van der Waals surface area contributed by atoms with Gasteiger partial charge in [-0.25, -0.2) is 0 Å². The van der Waals surface area contributed by atoms with E-state index in [1.807, 2.05) is 0 Å². The molecule has 0 aliphatic heterocycles. The fourth-order valence-electron chi connectivity index (χ4n) is 1.43. The van der Waals surface area contributed by atoms with E-state index in [2.05, 4.69) is 5.32 Å². The van der Waals surface area contributed by atoms with Crippen LogP contribution in [0, 0.1) is 5.41 Å². The molecule has 0 aliphatic carbocycles. The predicted molar refractivity (Wildman–Crippen MR) is 57.5 cm³/mol. The Bertz CT molecular complexity index is 285. The van der Waals surface area contributed by atoms with Gasteiger partial charge in [-0.3, -0.25) is 14.4 Å². The van der Waals surface area contributed by atoms with Gasteiger partial charge in [0.1, 0.15) is 0 Å². The second-order valence-electron chi connectivity index (χ2n) is 3.71. The average molecular weight is 230 g/mol. The molecule has 0 radical (unpaired) electrons. The van der Waals surface area contributed by atoms with Gasteiger partial charge in [-0.05, 0) is 12.8 Å². The first-order chi connectivity index (χ1) is 7.38. The lowest BCUT2D eigenvalue weighted by Gasteiger charge is -2.25. The van der Waals surface area contributed by atoms with Crippen molar-refractivity contribution in [2.24, 2.45) is 11.1 Å². The zero-order valence-electron chi connectivity index (χ0n) is 9.58. The summed E-state index contributed by atoms with van der Waals surface area (Å²) in [5, 5.41) is 11.4. The van der Waals surface area contributed by atoms with Crippen LogP contribution in [0.5, 0.6) is 0 Å². The number of amides is 2. The number of carboxylic acids is 1. The fraction of sp³-hybridized carbons (Fsp3) is 0.700. The normalized spacial score (nSPS) is 10.9. The van der Waals surface area contributed by atoms with E-state index in [0.717, 1.165) is 0 Å². The van der Waals surface area contributed by atoms with Crippen molar-refractivity contribution in [1.82, 2.24) is 5.32 Å². The molecule has 0 fully saturated rings. The van der Waals surface area contributed by atoms with Gasteiger partial charge in [0, 0.05) is 6.42 Å². The van der Waals surface area contributed by atoms with Crippen molar-refractivity contribution < 1.29 is 19.5 Å². The van der Waals surface area contributed by atoms with Crippen molar-refractivity contribution in [1.29, 1.82) is 0 Å². The minimum atomic E-state index is -1.05. The molecule has 0 heterocycles. The topological polar surface area (TPSA) is 109 Å². The summed E-state index contributed by atoms with van der Waals surface area (Å²) >= 11 is 0. The Balaban J connectivity index is 4.46. The van der Waals surface area contributed by atoms with Crippen molar-refractivity contribution in [3.05, 3.63) is 0 Å². The second-order valence-corrected chi connectivity index (χ2v) is 3.71. The van der Waals surface area contributed by atoms with Crippen LogP contribution in [0.3, 0.4) is 0 Å². The summed E-state index contributed by atoms with van der Waals surface area (Å²) in [6, 6.07) is 0. The van der Waals surface area contributed by atoms with E-state index in [9.17, 15) is 14.4 Å². The maximum Gasteiger partial charge on any atom is 0.310 e. The van der Waals surface area contributed by atoms with Crippen LogP contribution in [0.25, 0.3) is 0 Å². The van der Waals surface area contributed by atoms with Crippen molar-refractivity contribution in [2.45, 2.75) is 33.1 Å². The maximum atomic E-state index is 11.4. The molecule has 0 rings (SSSR count). The van der Waals surface area contributed by atoms with Gasteiger partial charge in [0.2, 0.25) is 11.8 Å². The molecule has 0 aromatic heterocycles. The number of nitrogens with one attached hydrogen (secondary N) is 1. The Morgan fingerprint density at radius 1 is 1.25 bits per heavy atom. The summed E-state index contributed by atoms with van der Waals surface area (Å²) in [5.41, 5.74) is 3.81. The summed E-state index contributed by atoms with van der Waals surface area (Å²) in [6.07, 6.45) is 0.592. The van der Waals surface area contributed by atoms with Gasteiger partial charge in [-0.1, -0.05) is 13.8 Å². The Kier molecular flexibility index (Phi) is 5.49. The number of carboxylic acid groups (broad SMARTS) is 1. The van der Waals surface area contributed by atoms with E-state index in [1.165, 1.54) is 0 Å². The zero-order chi connectivity index (χ0) is 12.8. The van der Waals surface area contributed by atoms with Crippen LogP contribution in [0.2, 0.25) is 0 Å². The third kappa shape index (κ3) is 3.88. The number of hydrogen-bond donors (Lipinski definition) is 3. The highest BCUT2D eigenvalue weighted by atomic mass is 16.4. The molecule has 0 aromatic carbocycles. The molecule has 0 saturated carbocycles. The molecule has 0 aromatic rings. The number of carbonyl (C=O) groups excluding carboxylic acids is 2. The molecule has 0 saturated heterocycles. The summed E-state index contributed by atoms with van der Waals surface area (Å²) in [6.45, 7) is 3.18. The average Bonchev–Trinajstić information content (AvgIpc) is 2.22. The number of nitrogens with two attached hydrogens (primary N) is 1. The Hall–Kier alpha value is -1.59. The number of aliphatic carboxylic acids is 1. The minimum Gasteiger partial charge on any atom is -0.481 e. The van der Waals surface area contributed by atoms with Crippen LogP contribution in [-0.4, -0.2) is 29.4 Å². The van der Waals surface area contributed by atoms with Gasteiger partial charge in [0.05, 0.1) is 12.0 Å². The summed E-state index contributed by atoms with van der Waals surface area (Å²) < 4.78 is 0. The highest BCUT2D eigenvalue weighted by Gasteiger charge is 2.37. The lowest BCUT2D eigenvalue weighted by atomic mass is 9.79. The third-order valence-electron chi connectivity index (χ3n) is 2.77. The molecule has 6 heteroatoms. The second kappa shape index (κ2) is 6.09. The van der Waals surface area contributed by atoms with Crippen LogP contribution in [0.4, 0.5) is 0 Å². The summed E-state index contributed by atoms with van der Waals surface area (Å²) in [5.74, 6) is -2.11. The molecule has 0 unspecified atom stereocenters. The van der Waals surface area contributed by atoms with E-state index < -0.39 is 23.2 Å². The number of rotatable bonds is 7. The lowest BCUT2D eigenvalue weighted by Crippen LogP contribution is -2.39. The van der Waals surface area contributed by atoms with E-state index in [-0.39, 0.29) is 13.0 Å². The van der Waals surface area contributed by atoms with Crippen LogP contribution in [-0.2, 0) is 14.4 Å².